The fraction of sp³-hybridized carbons (Fsp3) is 0.400. The van der Waals surface area contributed by atoms with Gasteiger partial charge in [-0.1, -0.05) is 12.1 Å². The van der Waals surface area contributed by atoms with Crippen LogP contribution in [0, 0.1) is 12.7 Å². The standard InChI is InChI=1S/C20H27FN4O.HI/c1-14(2)26-19-8-5-16(12-24-19)13-25-20(22-4)23-10-9-17-6-7-18(21)11-15(17)3;/h5-8,11-12,14H,9-10,13H2,1-4H3,(H2,22,23,25);1H. The average molecular weight is 486 g/mol. The number of nitrogens with zero attached hydrogens (tertiary/aromatic N) is 2. The Kier molecular flexibility index (Phi) is 10.1. The molecule has 0 aliphatic heterocycles. The van der Waals surface area contributed by atoms with Crippen LogP contribution < -0.4 is 15.4 Å². The molecule has 0 atom stereocenters. The monoisotopic (exact) mass is 486 g/mol. The van der Waals surface area contributed by atoms with Gasteiger partial charge in [-0.25, -0.2) is 9.37 Å². The lowest BCUT2D eigenvalue weighted by atomic mass is 10.1. The van der Waals surface area contributed by atoms with E-state index in [9.17, 15) is 4.39 Å². The molecule has 2 rings (SSSR count). The summed E-state index contributed by atoms with van der Waals surface area (Å²) in [6.07, 6.45) is 2.70. The third-order valence-corrected chi connectivity index (χ3v) is 3.83. The van der Waals surface area contributed by atoms with E-state index in [4.69, 9.17) is 4.74 Å². The summed E-state index contributed by atoms with van der Waals surface area (Å²) in [6.45, 7) is 7.20. The molecule has 5 nitrogen and oxygen atoms in total. The molecule has 7 heteroatoms. The van der Waals surface area contributed by atoms with Gasteiger partial charge in [0, 0.05) is 32.4 Å². The number of hydrogen-bond acceptors (Lipinski definition) is 3. The highest BCUT2D eigenvalue weighted by atomic mass is 127. The Morgan fingerprint density at radius 1 is 1.22 bits per heavy atom. The summed E-state index contributed by atoms with van der Waals surface area (Å²) in [5.41, 5.74) is 3.13. The van der Waals surface area contributed by atoms with Crippen molar-refractivity contribution in [1.82, 2.24) is 15.6 Å². The predicted octanol–water partition coefficient (Wildman–Crippen LogP) is 3.84. The van der Waals surface area contributed by atoms with Crippen LogP contribution in [0.25, 0.3) is 0 Å². The molecule has 0 amide bonds. The van der Waals surface area contributed by atoms with Crippen LogP contribution in [-0.2, 0) is 13.0 Å². The van der Waals surface area contributed by atoms with Crippen molar-refractivity contribution in [3.8, 4) is 5.88 Å². The van der Waals surface area contributed by atoms with Gasteiger partial charge in [-0.2, -0.15) is 0 Å². The van der Waals surface area contributed by atoms with Crippen molar-refractivity contribution in [2.75, 3.05) is 13.6 Å². The van der Waals surface area contributed by atoms with Gasteiger partial charge in [-0.3, -0.25) is 4.99 Å². The van der Waals surface area contributed by atoms with Crippen LogP contribution in [0.4, 0.5) is 4.39 Å². The summed E-state index contributed by atoms with van der Waals surface area (Å²) in [6, 6.07) is 8.73. The first-order valence-corrected chi connectivity index (χ1v) is 8.79. The smallest absolute Gasteiger partial charge is 0.213 e. The van der Waals surface area contributed by atoms with Crippen molar-refractivity contribution < 1.29 is 9.13 Å². The maximum absolute atomic E-state index is 13.1. The maximum Gasteiger partial charge on any atom is 0.213 e. The number of pyridine rings is 1. The Hall–Kier alpha value is -1.90. The molecule has 2 aromatic rings. The lowest BCUT2D eigenvalue weighted by Crippen LogP contribution is -2.37. The third-order valence-electron chi connectivity index (χ3n) is 3.83. The second kappa shape index (κ2) is 11.7. The zero-order valence-corrected chi connectivity index (χ0v) is 18.6. The number of aromatic nitrogens is 1. The lowest BCUT2D eigenvalue weighted by Gasteiger charge is -2.13. The summed E-state index contributed by atoms with van der Waals surface area (Å²) in [5.74, 6) is 1.14. The van der Waals surface area contributed by atoms with E-state index in [2.05, 4.69) is 20.6 Å². The molecule has 0 bridgehead atoms. The first-order chi connectivity index (χ1) is 12.5. The number of rotatable bonds is 7. The first kappa shape index (κ1) is 23.1. The third kappa shape index (κ3) is 8.11. The largest absolute Gasteiger partial charge is 0.475 e. The van der Waals surface area contributed by atoms with Gasteiger partial charge in [0.15, 0.2) is 5.96 Å². The van der Waals surface area contributed by atoms with Crippen LogP contribution in [0.5, 0.6) is 5.88 Å². The number of benzene rings is 1. The Bertz CT molecular complexity index is 735. The molecule has 0 unspecified atom stereocenters. The molecule has 0 fully saturated rings. The van der Waals surface area contributed by atoms with E-state index in [0.29, 0.717) is 24.9 Å². The van der Waals surface area contributed by atoms with Crippen molar-refractivity contribution in [1.29, 1.82) is 0 Å². The number of guanidine groups is 1. The summed E-state index contributed by atoms with van der Waals surface area (Å²) in [4.78, 5) is 8.51. The molecule has 148 valence electrons. The minimum atomic E-state index is -0.199. The van der Waals surface area contributed by atoms with Gasteiger partial charge in [0.25, 0.3) is 0 Å². The summed E-state index contributed by atoms with van der Waals surface area (Å²) >= 11 is 0. The number of halogens is 2. The number of nitrogens with one attached hydrogen (secondary N) is 2. The minimum absolute atomic E-state index is 0. The first-order valence-electron chi connectivity index (χ1n) is 8.79. The van der Waals surface area contributed by atoms with E-state index in [1.165, 1.54) is 6.07 Å². The van der Waals surface area contributed by atoms with Crippen molar-refractivity contribution in [3.05, 3.63) is 59.0 Å². The number of hydrogen-bond donors (Lipinski definition) is 2. The molecule has 0 spiro atoms. The average Bonchev–Trinajstić information content (AvgIpc) is 2.60. The number of aliphatic imine (C=N–C) groups is 1. The Balaban J connectivity index is 0.00000364. The summed E-state index contributed by atoms with van der Waals surface area (Å²) < 4.78 is 18.7. The van der Waals surface area contributed by atoms with E-state index < -0.39 is 0 Å². The molecule has 0 saturated carbocycles. The molecule has 1 aromatic carbocycles. The van der Waals surface area contributed by atoms with Gasteiger partial charge in [0.1, 0.15) is 5.82 Å². The molecule has 0 radical (unpaired) electrons. The van der Waals surface area contributed by atoms with Gasteiger partial charge in [0.2, 0.25) is 5.88 Å². The molecular formula is C20H28FIN4O. The highest BCUT2D eigenvalue weighted by Crippen LogP contribution is 2.11. The van der Waals surface area contributed by atoms with Crippen LogP contribution in [0.15, 0.2) is 41.5 Å². The zero-order valence-electron chi connectivity index (χ0n) is 16.3. The van der Waals surface area contributed by atoms with Crippen LogP contribution in [0.3, 0.4) is 0 Å². The van der Waals surface area contributed by atoms with Crippen LogP contribution >= 0.6 is 24.0 Å². The topological polar surface area (TPSA) is 58.5 Å². The second-order valence-corrected chi connectivity index (χ2v) is 6.34. The fourth-order valence-electron chi connectivity index (χ4n) is 2.49. The van der Waals surface area contributed by atoms with Gasteiger partial charge in [0.05, 0.1) is 6.10 Å². The van der Waals surface area contributed by atoms with Gasteiger partial charge >= 0.3 is 0 Å². The predicted molar refractivity (Wildman–Crippen MR) is 118 cm³/mol. The molecule has 0 saturated heterocycles. The SMILES string of the molecule is CN=C(NCCc1ccc(F)cc1C)NCc1ccc(OC(C)C)nc1.I. The quantitative estimate of drug-likeness (QED) is 0.355. The molecule has 0 aliphatic rings. The molecule has 1 aromatic heterocycles. The maximum atomic E-state index is 13.1. The van der Waals surface area contributed by atoms with Crippen molar-refractivity contribution in [2.45, 2.75) is 39.8 Å². The molecule has 1 heterocycles. The van der Waals surface area contributed by atoms with E-state index >= 15 is 0 Å². The lowest BCUT2D eigenvalue weighted by molar-refractivity contribution is 0.232. The molecule has 27 heavy (non-hydrogen) atoms. The highest BCUT2D eigenvalue weighted by molar-refractivity contribution is 14.0. The van der Waals surface area contributed by atoms with Gasteiger partial charge in [-0.05, 0) is 56.0 Å². The Morgan fingerprint density at radius 3 is 2.59 bits per heavy atom. The zero-order chi connectivity index (χ0) is 18.9. The Labute approximate surface area is 177 Å². The fourth-order valence-corrected chi connectivity index (χ4v) is 2.49. The summed E-state index contributed by atoms with van der Waals surface area (Å²) in [5, 5.41) is 6.52. The van der Waals surface area contributed by atoms with E-state index in [1.54, 1.807) is 19.3 Å². The number of ether oxygens (including phenoxy) is 1. The van der Waals surface area contributed by atoms with E-state index in [0.717, 1.165) is 23.1 Å². The van der Waals surface area contributed by atoms with Crippen LogP contribution in [0.1, 0.15) is 30.5 Å². The van der Waals surface area contributed by atoms with Gasteiger partial charge < -0.3 is 15.4 Å². The van der Waals surface area contributed by atoms with Crippen molar-refractivity contribution in [2.24, 2.45) is 4.99 Å². The summed E-state index contributed by atoms with van der Waals surface area (Å²) in [7, 11) is 1.73. The highest BCUT2D eigenvalue weighted by Gasteiger charge is 2.03. The Morgan fingerprint density at radius 2 is 2.00 bits per heavy atom. The van der Waals surface area contributed by atoms with Crippen LogP contribution in [0.2, 0.25) is 0 Å². The second-order valence-electron chi connectivity index (χ2n) is 6.34. The van der Waals surface area contributed by atoms with E-state index in [1.807, 2.05) is 39.0 Å². The molecule has 0 aliphatic carbocycles. The van der Waals surface area contributed by atoms with E-state index in [-0.39, 0.29) is 35.9 Å². The van der Waals surface area contributed by atoms with Crippen molar-refractivity contribution in [3.63, 3.8) is 0 Å². The molecular weight excluding hydrogens is 458 g/mol. The van der Waals surface area contributed by atoms with Crippen LogP contribution in [-0.4, -0.2) is 30.6 Å². The molecule has 2 N–H and O–H groups in total. The normalized spacial score (nSPS) is 11.1. The minimum Gasteiger partial charge on any atom is -0.475 e. The number of aryl methyl sites for hydroxylation is 1. The van der Waals surface area contributed by atoms with Crippen molar-refractivity contribution >= 4 is 29.9 Å². The van der Waals surface area contributed by atoms with Gasteiger partial charge in [-0.15, -0.1) is 24.0 Å².